The number of nitrogens with zero attached hydrogens (tertiary/aromatic N) is 2. The van der Waals surface area contributed by atoms with E-state index in [0.717, 1.165) is 42.2 Å². The number of amides is 2. The predicted molar refractivity (Wildman–Crippen MR) is 169 cm³/mol. The van der Waals surface area contributed by atoms with Crippen molar-refractivity contribution in [3.63, 3.8) is 0 Å². The van der Waals surface area contributed by atoms with Crippen molar-refractivity contribution in [2.24, 2.45) is 10.4 Å². The van der Waals surface area contributed by atoms with Crippen molar-refractivity contribution in [1.82, 2.24) is 15.5 Å². The van der Waals surface area contributed by atoms with Gasteiger partial charge < -0.3 is 20.3 Å². The summed E-state index contributed by atoms with van der Waals surface area (Å²) in [5, 5.41) is 7.13. The fourth-order valence-electron chi connectivity index (χ4n) is 5.25. The van der Waals surface area contributed by atoms with Crippen molar-refractivity contribution in [3.05, 3.63) is 70.7 Å². The molecule has 1 saturated carbocycles. The van der Waals surface area contributed by atoms with Crippen molar-refractivity contribution in [2.45, 2.75) is 70.5 Å². The molecule has 42 heavy (non-hydrogen) atoms. The lowest BCUT2D eigenvalue weighted by atomic mass is 9.71. The average molecular weight is 613 g/mol. The Morgan fingerprint density at radius 3 is 2.48 bits per heavy atom. The number of Topliss-reactive ketones (excluding diaryl/α,β-unsaturated/α-hetero) is 1. The first-order valence-corrected chi connectivity index (χ1v) is 16.1. The minimum Gasteiger partial charge on any atom is -0.449 e. The molecule has 1 heterocycles. The number of likely N-dealkylation sites (N-methyl/N-ethyl adjacent to an activating group) is 1. The summed E-state index contributed by atoms with van der Waals surface area (Å²) < 4.78 is 5.67. The first-order valence-electron chi connectivity index (χ1n) is 14.7. The third kappa shape index (κ3) is 8.28. The van der Waals surface area contributed by atoms with Crippen LogP contribution in [0.15, 0.2) is 59.6 Å². The number of hydrogen-bond acceptors (Lipinski definition) is 7. The third-order valence-corrected chi connectivity index (χ3v) is 9.86. The molecular formula is C32H41ClN4O4S. The number of carbonyl (C=O) groups is 3. The standard InChI is InChI=1S/C32H41ClN4O4S/c1-4-5-12-26(28(38)29(39)35-22(2)23-10-7-6-8-11-23)36-31(40)41-20-32(17-9-18-32)21-42-30-34-19-27(37(30)3)24-13-15-25(33)16-14-24/h6-8,10-11,13-16,22,26-27H,4-5,9,12,17-21H2,1-3H3,(H,35,39)(H,36,40)/t22-,26+,27?/m1/s1. The van der Waals surface area contributed by atoms with E-state index in [0.29, 0.717) is 24.4 Å². The van der Waals surface area contributed by atoms with Gasteiger partial charge in [-0.05, 0) is 49.4 Å². The number of alkyl carbamates (subject to hydrolysis) is 1. The normalized spacial score (nSPS) is 18.8. The molecule has 2 N–H and O–H groups in total. The average Bonchev–Trinajstić information content (AvgIpc) is 3.34. The highest BCUT2D eigenvalue weighted by Crippen LogP contribution is 2.45. The Morgan fingerprint density at radius 1 is 1.12 bits per heavy atom. The number of nitrogens with one attached hydrogen (secondary N) is 2. The van der Waals surface area contributed by atoms with Crippen molar-refractivity contribution in [2.75, 3.05) is 26.0 Å². The van der Waals surface area contributed by atoms with Gasteiger partial charge in [-0.3, -0.25) is 14.6 Å². The third-order valence-electron chi connectivity index (χ3n) is 8.18. The lowest BCUT2D eigenvalue weighted by Crippen LogP contribution is -2.49. The van der Waals surface area contributed by atoms with E-state index in [1.165, 1.54) is 5.56 Å². The van der Waals surface area contributed by atoms with E-state index in [1.54, 1.807) is 11.8 Å². The highest BCUT2D eigenvalue weighted by molar-refractivity contribution is 8.13. The molecule has 1 unspecified atom stereocenters. The van der Waals surface area contributed by atoms with Gasteiger partial charge in [0, 0.05) is 23.2 Å². The Bertz CT molecular complexity index is 1250. The fourth-order valence-corrected chi connectivity index (χ4v) is 6.68. The van der Waals surface area contributed by atoms with Crippen LogP contribution in [-0.2, 0) is 14.3 Å². The Balaban J connectivity index is 1.27. The molecule has 1 fully saturated rings. The van der Waals surface area contributed by atoms with Crippen LogP contribution in [0.3, 0.4) is 0 Å². The van der Waals surface area contributed by atoms with Gasteiger partial charge in [-0.2, -0.15) is 0 Å². The number of ketones is 1. The summed E-state index contributed by atoms with van der Waals surface area (Å²) in [5.41, 5.74) is 1.94. The molecule has 3 atom stereocenters. The molecule has 2 amide bonds. The molecule has 0 radical (unpaired) electrons. The molecule has 2 aliphatic rings. The molecule has 2 aromatic rings. The van der Waals surface area contributed by atoms with E-state index in [9.17, 15) is 14.4 Å². The van der Waals surface area contributed by atoms with Crippen LogP contribution < -0.4 is 10.6 Å². The fraction of sp³-hybridized carbons (Fsp3) is 0.500. The molecule has 0 bridgehead atoms. The molecule has 2 aromatic carbocycles. The molecule has 10 heteroatoms. The van der Waals surface area contributed by atoms with Crippen LogP contribution in [0, 0.1) is 5.41 Å². The van der Waals surface area contributed by atoms with E-state index in [4.69, 9.17) is 21.3 Å². The molecule has 4 rings (SSSR count). The predicted octanol–water partition coefficient (Wildman–Crippen LogP) is 6.32. The number of halogens is 1. The van der Waals surface area contributed by atoms with E-state index < -0.39 is 23.8 Å². The van der Waals surface area contributed by atoms with E-state index in [1.807, 2.05) is 68.4 Å². The zero-order valence-electron chi connectivity index (χ0n) is 24.6. The Hall–Kier alpha value is -3.04. The maximum Gasteiger partial charge on any atom is 0.407 e. The summed E-state index contributed by atoms with van der Waals surface area (Å²) in [6.45, 7) is 4.78. The monoisotopic (exact) mass is 612 g/mol. The number of rotatable bonds is 13. The molecule has 226 valence electrons. The number of amidine groups is 1. The van der Waals surface area contributed by atoms with E-state index >= 15 is 0 Å². The van der Waals surface area contributed by atoms with Gasteiger partial charge in [0.15, 0.2) is 5.17 Å². The number of aliphatic imine (C=N–C) groups is 1. The summed E-state index contributed by atoms with van der Waals surface area (Å²) in [5.74, 6) is -0.581. The van der Waals surface area contributed by atoms with Gasteiger partial charge in [0.25, 0.3) is 5.91 Å². The maximum atomic E-state index is 13.0. The summed E-state index contributed by atoms with van der Waals surface area (Å²) in [7, 11) is 2.06. The zero-order chi connectivity index (χ0) is 30.1. The van der Waals surface area contributed by atoms with Crippen LogP contribution in [0.5, 0.6) is 0 Å². The smallest absolute Gasteiger partial charge is 0.407 e. The Kier molecular flexibility index (Phi) is 11.3. The van der Waals surface area contributed by atoms with Gasteiger partial charge in [-0.15, -0.1) is 0 Å². The van der Waals surface area contributed by atoms with Crippen molar-refractivity contribution >= 4 is 46.3 Å². The van der Waals surface area contributed by atoms with Crippen LogP contribution in [0.25, 0.3) is 0 Å². The van der Waals surface area contributed by atoms with Crippen molar-refractivity contribution in [3.8, 4) is 0 Å². The van der Waals surface area contributed by atoms with Crippen LogP contribution >= 0.6 is 23.4 Å². The maximum absolute atomic E-state index is 13.0. The van der Waals surface area contributed by atoms with Crippen LogP contribution in [0.2, 0.25) is 5.02 Å². The van der Waals surface area contributed by atoms with Gasteiger partial charge >= 0.3 is 6.09 Å². The van der Waals surface area contributed by atoms with E-state index in [2.05, 4.69) is 22.6 Å². The van der Waals surface area contributed by atoms with Crippen LogP contribution in [-0.4, -0.2) is 59.8 Å². The van der Waals surface area contributed by atoms with Gasteiger partial charge in [0.2, 0.25) is 5.78 Å². The number of hydrogen-bond donors (Lipinski definition) is 2. The topological polar surface area (TPSA) is 100 Å². The largest absolute Gasteiger partial charge is 0.449 e. The summed E-state index contributed by atoms with van der Waals surface area (Å²) in [6, 6.07) is 16.2. The summed E-state index contributed by atoms with van der Waals surface area (Å²) >= 11 is 7.75. The second-order valence-electron chi connectivity index (χ2n) is 11.3. The molecule has 0 saturated heterocycles. The highest BCUT2D eigenvalue weighted by atomic mass is 35.5. The number of ether oxygens (including phenoxy) is 1. The minimum absolute atomic E-state index is 0.130. The second kappa shape index (κ2) is 14.9. The molecule has 1 aliphatic carbocycles. The van der Waals surface area contributed by atoms with Gasteiger partial charge in [0.05, 0.1) is 25.2 Å². The summed E-state index contributed by atoms with van der Waals surface area (Å²) in [4.78, 5) is 45.6. The van der Waals surface area contributed by atoms with Crippen LogP contribution in [0.4, 0.5) is 4.79 Å². The van der Waals surface area contributed by atoms with Gasteiger partial charge in [-0.25, -0.2) is 4.79 Å². The molecule has 0 spiro atoms. The zero-order valence-corrected chi connectivity index (χ0v) is 26.2. The molecule has 8 nitrogen and oxygen atoms in total. The Morgan fingerprint density at radius 2 is 1.83 bits per heavy atom. The quantitative estimate of drug-likeness (QED) is 0.257. The van der Waals surface area contributed by atoms with Crippen LogP contribution in [0.1, 0.15) is 75.6 Å². The number of thioether (sulfide) groups is 1. The molecular weight excluding hydrogens is 572 g/mol. The van der Waals surface area contributed by atoms with Gasteiger partial charge in [0.1, 0.15) is 6.04 Å². The second-order valence-corrected chi connectivity index (χ2v) is 12.7. The lowest BCUT2D eigenvalue weighted by Gasteiger charge is -2.41. The number of benzene rings is 2. The van der Waals surface area contributed by atoms with Crippen molar-refractivity contribution in [1.29, 1.82) is 0 Å². The SMILES string of the molecule is CCCC[C@H](NC(=O)OCC1(CSC2=NCC(c3ccc(Cl)cc3)N2C)CCC1)C(=O)C(=O)N[C@H](C)c1ccccc1. The summed E-state index contributed by atoms with van der Waals surface area (Å²) in [6.07, 6.45) is 4.25. The molecule has 1 aliphatic heterocycles. The van der Waals surface area contributed by atoms with E-state index in [-0.39, 0.29) is 24.1 Å². The van der Waals surface area contributed by atoms with Gasteiger partial charge in [-0.1, -0.05) is 92.0 Å². The highest BCUT2D eigenvalue weighted by Gasteiger charge is 2.40. The Labute approximate surface area is 258 Å². The first kappa shape index (κ1) is 31.9. The number of carbonyl (C=O) groups excluding carboxylic acids is 3. The van der Waals surface area contributed by atoms with Crippen molar-refractivity contribution < 1.29 is 19.1 Å². The number of unbranched alkanes of at least 4 members (excludes halogenated alkanes) is 1. The molecule has 0 aromatic heterocycles. The minimum atomic E-state index is -0.932. The first-order chi connectivity index (χ1) is 20.2. The lowest BCUT2D eigenvalue weighted by molar-refractivity contribution is -0.139.